The van der Waals surface area contributed by atoms with Gasteiger partial charge in [0, 0.05) is 42.7 Å². The second-order valence-electron chi connectivity index (χ2n) is 4.58. The molecule has 0 spiro atoms. The van der Waals surface area contributed by atoms with Crippen LogP contribution in [0.2, 0.25) is 5.28 Å². The van der Waals surface area contributed by atoms with E-state index in [9.17, 15) is 10.1 Å². The minimum Gasteiger partial charge on any atom is -0.274 e. The van der Waals surface area contributed by atoms with Crippen molar-refractivity contribution in [1.82, 2.24) is 19.7 Å². The molecule has 1 aromatic carbocycles. The van der Waals surface area contributed by atoms with Crippen molar-refractivity contribution in [2.75, 3.05) is 0 Å². The van der Waals surface area contributed by atoms with Crippen LogP contribution in [0.5, 0.6) is 0 Å². The molecule has 0 unspecified atom stereocenters. The van der Waals surface area contributed by atoms with Crippen LogP contribution in [-0.4, -0.2) is 24.7 Å². The lowest BCUT2D eigenvalue weighted by Gasteiger charge is -2.02. The van der Waals surface area contributed by atoms with Crippen LogP contribution < -0.4 is 0 Å². The van der Waals surface area contributed by atoms with Crippen LogP contribution in [0.1, 0.15) is 0 Å². The molecule has 0 fully saturated rings. The highest BCUT2D eigenvalue weighted by Crippen LogP contribution is 2.30. The van der Waals surface area contributed by atoms with E-state index in [2.05, 4.69) is 15.1 Å². The van der Waals surface area contributed by atoms with Crippen LogP contribution in [0.3, 0.4) is 0 Å². The van der Waals surface area contributed by atoms with Gasteiger partial charge in [0.1, 0.15) is 5.69 Å². The molecule has 22 heavy (non-hydrogen) atoms. The molecule has 2 aromatic heterocycles. The third kappa shape index (κ3) is 2.66. The maximum Gasteiger partial charge on any atom is 0.269 e. The predicted molar refractivity (Wildman–Crippen MR) is 81.3 cm³/mol. The average Bonchev–Trinajstić information content (AvgIpc) is 2.89. The van der Waals surface area contributed by atoms with Gasteiger partial charge in [-0.1, -0.05) is 0 Å². The second kappa shape index (κ2) is 5.53. The number of hydrogen-bond acceptors (Lipinski definition) is 5. The lowest BCUT2D eigenvalue weighted by Crippen LogP contribution is -1.90. The topological polar surface area (TPSA) is 86.7 Å². The van der Waals surface area contributed by atoms with E-state index in [1.54, 1.807) is 36.1 Å². The fourth-order valence-electron chi connectivity index (χ4n) is 2.12. The van der Waals surface area contributed by atoms with Gasteiger partial charge in [-0.15, -0.1) is 0 Å². The van der Waals surface area contributed by atoms with Gasteiger partial charge in [0.05, 0.1) is 10.6 Å². The summed E-state index contributed by atoms with van der Waals surface area (Å²) in [6.07, 6.45) is 3.38. The highest BCUT2D eigenvalue weighted by atomic mass is 35.5. The summed E-state index contributed by atoms with van der Waals surface area (Å²) in [6, 6.07) is 7.94. The molecule has 0 atom stereocenters. The molecule has 0 amide bonds. The summed E-state index contributed by atoms with van der Waals surface area (Å²) in [5, 5.41) is 15.3. The molecule has 110 valence electrons. The van der Waals surface area contributed by atoms with Crippen LogP contribution >= 0.6 is 11.6 Å². The van der Waals surface area contributed by atoms with Gasteiger partial charge >= 0.3 is 0 Å². The molecule has 8 heteroatoms. The molecular formula is C14H10ClN5O2. The third-order valence-electron chi connectivity index (χ3n) is 3.08. The van der Waals surface area contributed by atoms with Gasteiger partial charge in [-0.05, 0) is 29.8 Å². The lowest BCUT2D eigenvalue weighted by molar-refractivity contribution is -0.384. The first-order valence-electron chi connectivity index (χ1n) is 6.32. The fourth-order valence-corrected chi connectivity index (χ4v) is 2.26. The Balaban J connectivity index is 2.10. The van der Waals surface area contributed by atoms with Gasteiger partial charge in [-0.2, -0.15) is 5.10 Å². The zero-order chi connectivity index (χ0) is 15.7. The normalized spacial score (nSPS) is 10.6. The minimum absolute atomic E-state index is 0.0336. The van der Waals surface area contributed by atoms with Crippen LogP contribution in [-0.2, 0) is 7.05 Å². The third-order valence-corrected chi connectivity index (χ3v) is 3.26. The van der Waals surface area contributed by atoms with E-state index in [1.165, 1.54) is 12.1 Å². The first kappa shape index (κ1) is 14.2. The van der Waals surface area contributed by atoms with Crippen molar-refractivity contribution < 1.29 is 4.92 Å². The Labute approximate surface area is 130 Å². The van der Waals surface area contributed by atoms with E-state index in [0.29, 0.717) is 11.4 Å². The molecule has 7 nitrogen and oxygen atoms in total. The van der Waals surface area contributed by atoms with E-state index < -0.39 is 4.92 Å². The monoisotopic (exact) mass is 315 g/mol. The number of nitro groups is 1. The first-order valence-corrected chi connectivity index (χ1v) is 6.70. The average molecular weight is 316 g/mol. The van der Waals surface area contributed by atoms with Crippen LogP contribution in [0, 0.1) is 10.1 Å². The predicted octanol–water partition coefficient (Wildman–Crippen LogP) is 3.11. The maximum atomic E-state index is 10.7. The van der Waals surface area contributed by atoms with E-state index >= 15 is 0 Å². The standard InChI is InChI=1S/C14H10ClN5O2/c1-19-8-11(12-6-7-16-14(15)17-12)13(18-19)9-2-4-10(5-3-9)20(21)22/h2-8H,1H3. The molecule has 0 bridgehead atoms. The SMILES string of the molecule is Cn1cc(-c2ccnc(Cl)n2)c(-c2ccc([N+](=O)[O-])cc2)n1. The largest absolute Gasteiger partial charge is 0.274 e. The number of aryl methyl sites for hydroxylation is 1. The zero-order valence-corrected chi connectivity index (χ0v) is 12.2. The molecule has 0 N–H and O–H groups in total. The Morgan fingerprint density at radius 1 is 1.23 bits per heavy atom. The molecule has 0 aliphatic heterocycles. The molecule has 0 saturated carbocycles. The van der Waals surface area contributed by atoms with Crippen molar-refractivity contribution in [2.45, 2.75) is 0 Å². The quantitative estimate of drug-likeness (QED) is 0.421. The molecule has 0 aliphatic carbocycles. The first-order chi connectivity index (χ1) is 10.5. The van der Waals surface area contributed by atoms with Crippen LogP contribution in [0.4, 0.5) is 5.69 Å². The van der Waals surface area contributed by atoms with Gasteiger partial charge in [0.15, 0.2) is 0 Å². The van der Waals surface area contributed by atoms with Gasteiger partial charge in [0.25, 0.3) is 5.69 Å². The number of halogens is 1. The number of aromatic nitrogens is 4. The van der Waals surface area contributed by atoms with Crippen molar-refractivity contribution in [1.29, 1.82) is 0 Å². The maximum absolute atomic E-state index is 10.7. The fraction of sp³-hybridized carbons (Fsp3) is 0.0714. The Bertz CT molecular complexity index is 845. The zero-order valence-electron chi connectivity index (χ0n) is 11.5. The van der Waals surface area contributed by atoms with Crippen LogP contribution in [0.25, 0.3) is 22.5 Å². The number of rotatable bonds is 3. The molecule has 3 aromatic rings. The number of non-ortho nitro benzene ring substituents is 1. The molecule has 2 heterocycles. The number of nitrogens with zero attached hydrogens (tertiary/aromatic N) is 5. The molecule has 0 radical (unpaired) electrons. The second-order valence-corrected chi connectivity index (χ2v) is 4.92. The summed E-state index contributed by atoms with van der Waals surface area (Å²) in [5.74, 6) is 0. The van der Waals surface area contributed by atoms with E-state index in [1.807, 2.05) is 6.20 Å². The van der Waals surface area contributed by atoms with Gasteiger partial charge < -0.3 is 0 Å². The van der Waals surface area contributed by atoms with Crippen molar-refractivity contribution in [3.8, 4) is 22.5 Å². The summed E-state index contributed by atoms with van der Waals surface area (Å²) in [6.45, 7) is 0. The Hall–Kier alpha value is -2.80. The van der Waals surface area contributed by atoms with Crippen molar-refractivity contribution in [2.24, 2.45) is 7.05 Å². The molecular weight excluding hydrogens is 306 g/mol. The Morgan fingerprint density at radius 2 is 1.95 bits per heavy atom. The highest BCUT2D eigenvalue weighted by molar-refractivity contribution is 6.28. The number of nitro benzene ring substituents is 1. The Morgan fingerprint density at radius 3 is 2.59 bits per heavy atom. The van der Waals surface area contributed by atoms with E-state index in [4.69, 9.17) is 11.6 Å². The Kier molecular flexibility index (Phi) is 3.56. The van der Waals surface area contributed by atoms with Crippen LogP contribution in [0.15, 0.2) is 42.7 Å². The summed E-state index contributed by atoms with van der Waals surface area (Å²) >= 11 is 5.83. The van der Waals surface area contributed by atoms with Gasteiger partial charge in [-0.25, -0.2) is 9.97 Å². The van der Waals surface area contributed by atoms with Gasteiger partial charge in [0.2, 0.25) is 5.28 Å². The summed E-state index contributed by atoms with van der Waals surface area (Å²) in [4.78, 5) is 18.3. The number of hydrogen-bond donors (Lipinski definition) is 0. The summed E-state index contributed by atoms with van der Waals surface area (Å²) in [5.41, 5.74) is 2.89. The molecule has 0 aliphatic rings. The molecule has 0 saturated heterocycles. The summed E-state index contributed by atoms with van der Waals surface area (Å²) < 4.78 is 1.65. The smallest absolute Gasteiger partial charge is 0.269 e. The summed E-state index contributed by atoms with van der Waals surface area (Å²) in [7, 11) is 1.79. The van der Waals surface area contributed by atoms with Gasteiger partial charge in [-0.3, -0.25) is 14.8 Å². The van der Waals surface area contributed by atoms with E-state index in [0.717, 1.165) is 11.1 Å². The van der Waals surface area contributed by atoms with E-state index in [-0.39, 0.29) is 11.0 Å². The number of benzene rings is 1. The van der Waals surface area contributed by atoms with Crippen molar-refractivity contribution in [3.05, 3.63) is 58.1 Å². The molecule has 3 rings (SSSR count). The minimum atomic E-state index is -0.437. The highest BCUT2D eigenvalue weighted by Gasteiger charge is 2.15. The van der Waals surface area contributed by atoms with Crippen molar-refractivity contribution in [3.63, 3.8) is 0 Å². The van der Waals surface area contributed by atoms with Crippen molar-refractivity contribution >= 4 is 17.3 Å². The lowest BCUT2D eigenvalue weighted by atomic mass is 10.1.